The molecular formula is C10H20N2S2. The summed E-state index contributed by atoms with van der Waals surface area (Å²) in [5.41, 5.74) is 0. The lowest BCUT2D eigenvalue weighted by atomic mass is 10.2. The zero-order valence-electron chi connectivity index (χ0n) is 9.25. The second kappa shape index (κ2) is 6.62. The summed E-state index contributed by atoms with van der Waals surface area (Å²) >= 11 is 3.84. The van der Waals surface area contributed by atoms with Crippen LogP contribution in [0.1, 0.15) is 20.8 Å². The number of amidine groups is 1. The summed E-state index contributed by atoms with van der Waals surface area (Å²) in [5.74, 6) is 4.32. The molecule has 0 bridgehead atoms. The smallest absolute Gasteiger partial charge is 0.156 e. The molecule has 1 aliphatic rings. The molecule has 0 fully saturated rings. The maximum Gasteiger partial charge on any atom is 0.156 e. The fourth-order valence-corrected chi connectivity index (χ4v) is 2.86. The monoisotopic (exact) mass is 232 g/mol. The summed E-state index contributed by atoms with van der Waals surface area (Å²) in [7, 11) is 0. The molecule has 0 radical (unpaired) electrons. The molecule has 2 nitrogen and oxygen atoms in total. The number of nitrogens with zero attached hydrogens (tertiary/aromatic N) is 1. The largest absolute Gasteiger partial charge is 0.362 e. The summed E-state index contributed by atoms with van der Waals surface area (Å²) in [6.45, 7) is 7.67. The molecule has 0 aliphatic carbocycles. The van der Waals surface area contributed by atoms with E-state index >= 15 is 0 Å². The lowest BCUT2D eigenvalue weighted by Crippen LogP contribution is -2.35. The van der Waals surface area contributed by atoms with E-state index in [0.29, 0.717) is 6.04 Å². The first-order chi connectivity index (χ1) is 6.72. The Morgan fingerprint density at radius 2 is 2.50 bits per heavy atom. The maximum atomic E-state index is 4.52. The second-order valence-electron chi connectivity index (χ2n) is 3.77. The molecular weight excluding hydrogens is 212 g/mol. The van der Waals surface area contributed by atoms with Gasteiger partial charge in [0.25, 0.3) is 0 Å². The Balaban J connectivity index is 2.23. The molecule has 0 saturated carbocycles. The van der Waals surface area contributed by atoms with Gasteiger partial charge in [-0.05, 0) is 18.6 Å². The van der Waals surface area contributed by atoms with Crippen LogP contribution in [0.2, 0.25) is 0 Å². The molecule has 1 N–H and O–H groups in total. The van der Waals surface area contributed by atoms with Gasteiger partial charge in [-0.1, -0.05) is 25.6 Å². The first-order valence-corrected chi connectivity index (χ1v) is 7.38. The summed E-state index contributed by atoms with van der Waals surface area (Å²) < 4.78 is 0. The van der Waals surface area contributed by atoms with E-state index < -0.39 is 0 Å². The van der Waals surface area contributed by atoms with Crippen molar-refractivity contribution in [3.8, 4) is 0 Å². The first kappa shape index (κ1) is 12.2. The molecule has 1 aliphatic heterocycles. The summed E-state index contributed by atoms with van der Waals surface area (Å²) in [6, 6.07) is 0.541. The van der Waals surface area contributed by atoms with E-state index in [2.05, 4.69) is 31.1 Å². The van der Waals surface area contributed by atoms with Gasteiger partial charge in [-0.3, -0.25) is 4.99 Å². The van der Waals surface area contributed by atoms with E-state index in [1.807, 2.05) is 23.5 Å². The molecule has 0 aromatic heterocycles. The highest BCUT2D eigenvalue weighted by atomic mass is 32.2. The molecule has 0 aromatic carbocycles. The number of nitrogens with one attached hydrogen (secondary N) is 1. The van der Waals surface area contributed by atoms with Crippen molar-refractivity contribution >= 4 is 28.7 Å². The third-order valence-electron chi connectivity index (χ3n) is 1.99. The van der Waals surface area contributed by atoms with E-state index in [-0.39, 0.29) is 0 Å². The third kappa shape index (κ3) is 4.60. The molecule has 2 atom stereocenters. The van der Waals surface area contributed by atoms with Crippen LogP contribution in [0.3, 0.4) is 0 Å². The van der Waals surface area contributed by atoms with Crippen LogP contribution >= 0.6 is 23.5 Å². The molecule has 1 rings (SSSR count). The SMILES string of the molecule is CCSCC(C)NC1=NCC(C)CS1. The standard InChI is InChI=1S/C10H20N2S2/c1-4-13-7-9(3)12-10-11-5-8(2)6-14-10/h8-9H,4-7H2,1-3H3,(H,11,12). The van der Waals surface area contributed by atoms with Gasteiger partial charge < -0.3 is 5.32 Å². The van der Waals surface area contributed by atoms with Gasteiger partial charge in [0.15, 0.2) is 5.17 Å². The lowest BCUT2D eigenvalue weighted by Gasteiger charge is -2.21. The van der Waals surface area contributed by atoms with E-state index in [9.17, 15) is 0 Å². The second-order valence-corrected chi connectivity index (χ2v) is 6.09. The van der Waals surface area contributed by atoms with Crippen LogP contribution in [0.5, 0.6) is 0 Å². The fraction of sp³-hybridized carbons (Fsp3) is 0.900. The summed E-state index contributed by atoms with van der Waals surface area (Å²) in [4.78, 5) is 4.52. The van der Waals surface area contributed by atoms with Crippen LogP contribution in [-0.2, 0) is 0 Å². The van der Waals surface area contributed by atoms with Crippen LogP contribution in [0, 0.1) is 5.92 Å². The minimum Gasteiger partial charge on any atom is -0.362 e. The van der Waals surface area contributed by atoms with Crippen molar-refractivity contribution in [3.63, 3.8) is 0 Å². The highest BCUT2D eigenvalue weighted by Crippen LogP contribution is 2.16. The van der Waals surface area contributed by atoms with E-state index in [0.717, 1.165) is 17.6 Å². The Hall–Kier alpha value is 0.170. The Kier molecular flexibility index (Phi) is 5.78. The van der Waals surface area contributed by atoms with Gasteiger partial charge in [-0.25, -0.2) is 0 Å². The average Bonchev–Trinajstić information content (AvgIpc) is 2.18. The van der Waals surface area contributed by atoms with Gasteiger partial charge in [0, 0.05) is 24.1 Å². The molecule has 2 unspecified atom stereocenters. The van der Waals surface area contributed by atoms with Gasteiger partial charge >= 0.3 is 0 Å². The Morgan fingerprint density at radius 3 is 3.07 bits per heavy atom. The van der Waals surface area contributed by atoms with Crippen molar-refractivity contribution in [3.05, 3.63) is 0 Å². The highest BCUT2D eigenvalue weighted by molar-refractivity contribution is 8.13. The van der Waals surface area contributed by atoms with Crippen molar-refractivity contribution < 1.29 is 0 Å². The number of rotatable bonds is 4. The van der Waals surface area contributed by atoms with Crippen LogP contribution in [0.25, 0.3) is 0 Å². The van der Waals surface area contributed by atoms with Crippen LogP contribution in [-0.4, -0.2) is 35.0 Å². The van der Waals surface area contributed by atoms with Gasteiger partial charge in [0.2, 0.25) is 0 Å². The van der Waals surface area contributed by atoms with E-state index in [4.69, 9.17) is 0 Å². The molecule has 0 amide bonds. The van der Waals surface area contributed by atoms with Crippen LogP contribution < -0.4 is 5.32 Å². The van der Waals surface area contributed by atoms with Gasteiger partial charge in [0.1, 0.15) is 0 Å². The molecule has 0 spiro atoms. The first-order valence-electron chi connectivity index (χ1n) is 5.24. The summed E-state index contributed by atoms with van der Waals surface area (Å²) in [6.07, 6.45) is 0. The average molecular weight is 232 g/mol. The fourth-order valence-electron chi connectivity index (χ4n) is 1.19. The van der Waals surface area contributed by atoms with Crippen LogP contribution in [0.4, 0.5) is 0 Å². The number of thioether (sulfide) groups is 2. The van der Waals surface area contributed by atoms with Gasteiger partial charge in [0.05, 0.1) is 0 Å². The molecule has 0 saturated heterocycles. The van der Waals surface area contributed by atoms with Crippen LogP contribution in [0.15, 0.2) is 4.99 Å². The normalized spacial score (nSPS) is 24.2. The van der Waals surface area contributed by atoms with Crippen molar-refractivity contribution in [2.45, 2.75) is 26.8 Å². The summed E-state index contributed by atoms with van der Waals surface area (Å²) in [5, 5.41) is 4.61. The van der Waals surface area contributed by atoms with Crippen molar-refractivity contribution in [1.29, 1.82) is 0 Å². The lowest BCUT2D eigenvalue weighted by molar-refractivity contribution is 0.662. The molecule has 1 heterocycles. The third-order valence-corrected chi connectivity index (χ3v) is 4.39. The van der Waals surface area contributed by atoms with E-state index in [1.54, 1.807) is 0 Å². The minimum atomic E-state index is 0.541. The molecule has 0 aromatic rings. The Bertz CT molecular complexity index is 195. The molecule has 4 heteroatoms. The Labute approximate surface area is 95.7 Å². The zero-order chi connectivity index (χ0) is 10.4. The number of aliphatic imine (C=N–C) groups is 1. The molecule has 14 heavy (non-hydrogen) atoms. The Morgan fingerprint density at radius 1 is 1.71 bits per heavy atom. The molecule has 82 valence electrons. The topological polar surface area (TPSA) is 24.4 Å². The predicted octanol–water partition coefficient (Wildman–Crippen LogP) is 2.46. The predicted molar refractivity (Wildman–Crippen MR) is 69.5 cm³/mol. The van der Waals surface area contributed by atoms with Crippen molar-refractivity contribution in [2.24, 2.45) is 10.9 Å². The van der Waals surface area contributed by atoms with Gasteiger partial charge in [-0.15, -0.1) is 0 Å². The number of hydrogen-bond donors (Lipinski definition) is 1. The van der Waals surface area contributed by atoms with Crippen molar-refractivity contribution in [2.75, 3.05) is 23.8 Å². The minimum absolute atomic E-state index is 0.541. The van der Waals surface area contributed by atoms with Crippen molar-refractivity contribution in [1.82, 2.24) is 5.32 Å². The van der Waals surface area contributed by atoms with Gasteiger partial charge in [-0.2, -0.15) is 11.8 Å². The quantitative estimate of drug-likeness (QED) is 0.806. The zero-order valence-corrected chi connectivity index (χ0v) is 10.9. The van der Waals surface area contributed by atoms with E-state index in [1.165, 1.54) is 17.3 Å². The highest BCUT2D eigenvalue weighted by Gasteiger charge is 2.13. The maximum absolute atomic E-state index is 4.52. The number of hydrogen-bond acceptors (Lipinski definition) is 4.